The Kier molecular flexibility index (Phi) is 6.77. The third-order valence-electron chi connectivity index (χ3n) is 4.35. The molecular weight excluding hydrogens is 402 g/mol. The first kappa shape index (κ1) is 20.9. The van der Waals surface area contributed by atoms with Crippen LogP contribution in [0.4, 0.5) is 5.13 Å². The van der Waals surface area contributed by atoms with Gasteiger partial charge < -0.3 is 14.2 Å². The number of rotatable bonds is 6. The molecule has 0 aliphatic carbocycles. The number of nitrogens with one attached hydrogen (secondary N) is 1. The van der Waals surface area contributed by atoms with E-state index in [0.717, 1.165) is 25.3 Å². The lowest BCUT2D eigenvalue weighted by Gasteiger charge is -2.34. The van der Waals surface area contributed by atoms with E-state index >= 15 is 0 Å². The Bertz CT molecular complexity index is 835. The predicted octanol–water partition coefficient (Wildman–Crippen LogP) is 3.68. The van der Waals surface area contributed by atoms with Crippen LogP contribution in [0.2, 0.25) is 5.02 Å². The Labute approximate surface area is 173 Å². The van der Waals surface area contributed by atoms with Gasteiger partial charge in [0, 0.05) is 30.6 Å². The number of anilines is 1. The first-order chi connectivity index (χ1) is 13.4. The number of benzene rings is 1. The van der Waals surface area contributed by atoms with E-state index in [1.54, 1.807) is 12.1 Å². The number of aromatic nitrogens is 1. The minimum Gasteiger partial charge on any atom is -0.493 e. The molecule has 2 aromatic rings. The van der Waals surface area contributed by atoms with Crippen molar-refractivity contribution in [1.82, 2.24) is 9.88 Å². The monoisotopic (exact) mass is 425 g/mol. The number of amides is 1. The van der Waals surface area contributed by atoms with Gasteiger partial charge in [-0.15, -0.1) is 11.3 Å². The highest BCUT2D eigenvalue weighted by atomic mass is 35.5. The van der Waals surface area contributed by atoms with Crippen molar-refractivity contribution in [2.24, 2.45) is 0 Å². The van der Waals surface area contributed by atoms with E-state index in [-0.39, 0.29) is 18.1 Å². The molecule has 152 valence electrons. The van der Waals surface area contributed by atoms with E-state index in [4.69, 9.17) is 25.8 Å². The molecule has 7 nitrogen and oxygen atoms in total. The van der Waals surface area contributed by atoms with Gasteiger partial charge in [0.1, 0.15) is 0 Å². The number of hydrogen-bond donors (Lipinski definition) is 1. The van der Waals surface area contributed by atoms with Crippen LogP contribution in [0.5, 0.6) is 11.5 Å². The molecule has 1 saturated heterocycles. The Balaban J connectivity index is 1.66. The lowest BCUT2D eigenvalue weighted by molar-refractivity contribution is -0.0707. The van der Waals surface area contributed by atoms with Gasteiger partial charge in [0.25, 0.3) is 5.91 Å². The van der Waals surface area contributed by atoms with Crippen LogP contribution in [0.1, 0.15) is 29.9 Å². The van der Waals surface area contributed by atoms with Crippen LogP contribution in [0.25, 0.3) is 0 Å². The smallest absolute Gasteiger partial charge is 0.257 e. The molecule has 0 bridgehead atoms. The molecule has 0 spiro atoms. The fraction of sp³-hybridized carbons (Fsp3) is 0.474. The predicted molar refractivity (Wildman–Crippen MR) is 110 cm³/mol. The molecule has 1 amide bonds. The van der Waals surface area contributed by atoms with E-state index in [0.29, 0.717) is 27.2 Å². The number of nitrogens with zero attached hydrogens (tertiary/aromatic N) is 2. The van der Waals surface area contributed by atoms with Gasteiger partial charge in [-0.05, 0) is 26.0 Å². The Morgan fingerprint density at radius 2 is 2.04 bits per heavy atom. The van der Waals surface area contributed by atoms with Crippen molar-refractivity contribution in [1.29, 1.82) is 0 Å². The second-order valence-corrected chi connectivity index (χ2v) is 8.01. The van der Waals surface area contributed by atoms with Crippen molar-refractivity contribution in [3.8, 4) is 11.5 Å². The Morgan fingerprint density at radius 1 is 1.32 bits per heavy atom. The quantitative estimate of drug-likeness (QED) is 0.761. The normalized spacial score (nSPS) is 20.0. The summed E-state index contributed by atoms with van der Waals surface area (Å²) in [5.41, 5.74) is 1.29. The second-order valence-electron chi connectivity index (χ2n) is 6.74. The third-order valence-corrected chi connectivity index (χ3v) is 5.44. The maximum atomic E-state index is 12.6. The zero-order chi connectivity index (χ0) is 20.3. The third kappa shape index (κ3) is 4.94. The summed E-state index contributed by atoms with van der Waals surface area (Å²) in [7, 11) is 2.99. The van der Waals surface area contributed by atoms with Crippen LogP contribution in [0.3, 0.4) is 0 Å². The van der Waals surface area contributed by atoms with Crippen LogP contribution < -0.4 is 14.8 Å². The lowest BCUT2D eigenvalue weighted by Crippen LogP contribution is -2.44. The molecule has 1 aliphatic rings. The molecule has 3 rings (SSSR count). The number of morpholine rings is 1. The van der Waals surface area contributed by atoms with E-state index in [1.165, 1.54) is 25.6 Å². The summed E-state index contributed by atoms with van der Waals surface area (Å²) >= 11 is 7.58. The highest BCUT2D eigenvalue weighted by Gasteiger charge is 2.23. The summed E-state index contributed by atoms with van der Waals surface area (Å²) in [6.45, 7) is 6.61. The van der Waals surface area contributed by atoms with Crippen LogP contribution in [-0.2, 0) is 11.3 Å². The summed E-state index contributed by atoms with van der Waals surface area (Å²) in [5.74, 6) is 0.485. The SMILES string of the molecule is COc1cc(C(=O)Nc2nc(CN3C[C@@H](C)O[C@@H](C)C3)cs2)cc(Cl)c1OC. The number of carbonyl (C=O) groups is 1. The van der Waals surface area contributed by atoms with Crippen molar-refractivity contribution in [2.75, 3.05) is 32.6 Å². The Morgan fingerprint density at radius 3 is 2.68 bits per heavy atom. The van der Waals surface area contributed by atoms with Gasteiger partial charge in [-0.1, -0.05) is 11.6 Å². The number of thiazole rings is 1. The van der Waals surface area contributed by atoms with Gasteiger partial charge >= 0.3 is 0 Å². The van der Waals surface area contributed by atoms with E-state index in [1.807, 2.05) is 5.38 Å². The first-order valence-electron chi connectivity index (χ1n) is 8.94. The van der Waals surface area contributed by atoms with Gasteiger partial charge in [-0.2, -0.15) is 0 Å². The molecule has 1 fully saturated rings. The van der Waals surface area contributed by atoms with E-state index < -0.39 is 0 Å². The van der Waals surface area contributed by atoms with Crippen molar-refractivity contribution < 1.29 is 19.0 Å². The number of ether oxygens (including phenoxy) is 3. The van der Waals surface area contributed by atoms with Gasteiger partial charge in [0.15, 0.2) is 16.6 Å². The van der Waals surface area contributed by atoms with Gasteiger partial charge in [-0.25, -0.2) is 4.98 Å². The van der Waals surface area contributed by atoms with Gasteiger partial charge in [0.05, 0.1) is 37.1 Å². The molecule has 28 heavy (non-hydrogen) atoms. The minimum atomic E-state index is -0.308. The summed E-state index contributed by atoms with van der Waals surface area (Å²) in [5, 5.41) is 5.63. The summed E-state index contributed by atoms with van der Waals surface area (Å²) < 4.78 is 16.2. The first-order valence-corrected chi connectivity index (χ1v) is 10.2. The number of hydrogen-bond acceptors (Lipinski definition) is 7. The van der Waals surface area contributed by atoms with Crippen molar-refractivity contribution in [3.63, 3.8) is 0 Å². The maximum Gasteiger partial charge on any atom is 0.257 e. The molecule has 2 atom stereocenters. The molecule has 0 unspecified atom stereocenters. The number of halogens is 1. The summed E-state index contributed by atoms with van der Waals surface area (Å²) in [4.78, 5) is 19.4. The molecule has 0 saturated carbocycles. The highest BCUT2D eigenvalue weighted by molar-refractivity contribution is 7.14. The zero-order valence-electron chi connectivity index (χ0n) is 16.3. The van der Waals surface area contributed by atoms with Crippen LogP contribution in [-0.4, -0.2) is 55.3 Å². The van der Waals surface area contributed by atoms with Crippen molar-refractivity contribution in [2.45, 2.75) is 32.6 Å². The van der Waals surface area contributed by atoms with Crippen LogP contribution >= 0.6 is 22.9 Å². The average molecular weight is 426 g/mol. The largest absolute Gasteiger partial charge is 0.493 e. The van der Waals surface area contributed by atoms with Crippen molar-refractivity contribution >= 4 is 34.0 Å². The summed E-state index contributed by atoms with van der Waals surface area (Å²) in [6, 6.07) is 3.13. The standard InChI is InChI=1S/C19H24ClN3O4S/c1-11-7-23(8-12(2)27-11)9-14-10-28-19(21-14)22-18(24)13-5-15(20)17(26-4)16(6-13)25-3/h5-6,10-12H,7-9H2,1-4H3,(H,21,22,24)/t11-,12+. The molecule has 1 aliphatic heterocycles. The van der Waals surface area contributed by atoms with Gasteiger partial charge in [0.2, 0.25) is 0 Å². The molecule has 0 radical (unpaired) electrons. The fourth-order valence-electron chi connectivity index (χ4n) is 3.30. The molecule has 9 heteroatoms. The van der Waals surface area contributed by atoms with Crippen molar-refractivity contribution in [3.05, 3.63) is 33.8 Å². The molecular formula is C19H24ClN3O4S. The number of methoxy groups -OCH3 is 2. The van der Waals surface area contributed by atoms with Crippen LogP contribution in [0, 0.1) is 0 Å². The maximum absolute atomic E-state index is 12.6. The molecule has 1 N–H and O–H groups in total. The molecule has 1 aromatic heterocycles. The highest BCUT2D eigenvalue weighted by Crippen LogP contribution is 2.36. The van der Waals surface area contributed by atoms with E-state index in [9.17, 15) is 4.79 Å². The zero-order valence-corrected chi connectivity index (χ0v) is 17.9. The number of carbonyl (C=O) groups excluding carboxylic acids is 1. The Hall–Kier alpha value is -1.87. The van der Waals surface area contributed by atoms with E-state index in [2.05, 4.69) is 29.0 Å². The van der Waals surface area contributed by atoms with Crippen LogP contribution in [0.15, 0.2) is 17.5 Å². The summed E-state index contributed by atoms with van der Waals surface area (Å²) in [6.07, 6.45) is 0.410. The second kappa shape index (κ2) is 9.09. The fourth-order valence-corrected chi connectivity index (χ4v) is 4.28. The molecule has 1 aromatic carbocycles. The topological polar surface area (TPSA) is 72.9 Å². The van der Waals surface area contributed by atoms with Gasteiger partial charge in [-0.3, -0.25) is 15.0 Å². The molecule has 2 heterocycles. The minimum absolute atomic E-state index is 0.205. The average Bonchev–Trinajstić information content (AvgIpc) is 3.06. The lowest BCUT2D eigenvalue weighted by atomic mass is 10.2.